The first-order valence-corrected chi connectivity index (χ1v) is 13.7. The largest absolute Gasteiger partial charge is 0.477 e. The van der Waals surface area contributed by atoms with Gasteiger partial charge in [-0.2, -0.15) is 9.67 Å². The molecule has 2 aliphatic rings. The second kappa shape index (κ2) is 11.2. The normalized spacial score (nSPS) is 18.9. The number of nitrogens with one attached hydrogen (secondary N) is 2. The van der Waals surface area contributed by atoms with Gasteiger partial charge in [0.15, 0.2) is 24.7 Å². The fourth-order valence-electron chi connectivity index (χ4n) is 4.23. The van der Waals surface area contributed by atoms with Gasteiger partial charge in [0.05, 0.1) is 17.0 Å². The summed E-state index contributed by atoms with van der Waals surface area (Å²) in [7, 11) is 0. The number of thiophene rings is 1. The number of esters is 1. The number of aliphatic carboxylic acids is 1. The lowest BCUT2D eigenvalue weighted by Gasteiger charge is -2.49. The number of oxime groups is 1. The van der Waals surface area contributed by atoms with Crippen LogP contribution in [-0.2, 0) is 35.3 Å². The fraction of sp³-hybridized carbons (Fsp3) is 0.292. The maximum absolute atomic E-state index is 13.1. The average Bonchev–Trinajstić information content (AvgIpc) is 3.61. The van der Waals surface area contributed by atoms with Crippen molar-refractivity contribution in [1.29, 1.82) is 0 Å². The zero-order valence-corrected chi connectivity index (χ0v) is 22.2. The van der Waals surface area contributed by atoms with Gasteiger partial charge in [-0.25, -0.2) is 9.59 Å². The standard InChI is InChI=1S/C24H22N6O7S2/c1-2-36-17(31)11-37-28-18(15-3-6-25-27-15)21(32)26-19-22(33)30-20(24(34)35)14(12-39-23(19)30)9-29-7-4-13-5-8-38-16(13)10-29/h3-8,10,19,23H,2,9,11-12H2,1H3,(H2-,25,26,27,28,32,34,35)/p+1/t19?,23-/m1/s1. The topological polar surface area (TPSA) is 167 Å². The van der Waals surface area contributed by atoms with E-state index in [0.29, 0.717) is 17.9 Å². The number of carbonyl (C=O) groups is 4. The molecule has 2 amide bonds. The summed E-state index contributed by atoms with van der Waals surface area (Å²) in [5.41, 5.74) is 0.478. The molecular formula is C24H23N6O7S2+. The highest BCUT2D eigenvalue weighted by Crippen LogP contribution is 2.40. The van der Waals surface area contributed by atoms with Crippen molar-refractivity contribution < 1.29 is 38.4 Å². The Labute approximate surface area is 229 Å². The van der Waals surface area contributed by atoms with Crippen LogP contribution in [0.3, 0.4) is 0 Å². The van der Waals surface area contributed by atoms with Crippen LogP contribution in [-0.4, -0.2) is 80.1 Å². The number of amides is 2. The number of hydrogen-bond acceptors (Lipinski definition) is 10. The van der Waals surface area contributed by atoms with Crippen LogP contribution in [0, 0.1) is 0 Å². The Hall–Kier alpha value is -4.24. The molecule has 1 saturated heterocycles. The van der Waals surface area contributed by atoms with Gasteiger partial charge >= 0.3 is 11.9 Å². The van der Waals surface area contributed by atoms with E-state index < -0.39 is 41.8 Å². The lowest BCUT2D eigenvalue weighted by atomic mass is 10.0. The lowest BCUT2D eigenvalue weighted by Crippen LogP contribution is -2.71. The molecule has 0 aliphatic carbocycles. The maximum atomic E-state index is 13.1. The molecule has 39 heavy (non-hydrogen) atoms. The maximum Gasteiger partial charge on any atom is 0.352 e. The SMILES string of the molecule is CCOC(=O)CO/N=C(/C(=O)NC1C(=O)N2C(C(=O)O)=C(C[n+]3ccc4ccsc4c3)CS[C@H]12)c1ccn[nH]1. The third-order valence-electron chi connectivity index (χ3n) is 5.98. The van der Waals surface area contributed by atoms with Crippen molar-refractivity contribution >= 4 is 62.6 Å². The number of carbonyl (C=O) groups excluding carboxylic acids is 3. The number of aromatic amines is 1. The van der Waals surface area contributed by atoms with Crippen molar-refractivity contribution in [3.8, 4) is 0 Å². The number of H-pyrrole nitrogens is 1. The van der Waals surface area contributed by atoms with Crippen molar-refractivity contribution in [2.24, 2.45) is 5.16 Å². The van der Waals surface area contributed by atoms with Crippen molar-refractivity contribution in [2.45, 2.75) is 24.9 Å². The molecule has 3 N–H and O–H groups in total. The Morgan fingerprint density at radius 1 is 1.33 bits per heavy atom. The summed E-state index contributed by atoms with van der Waals surface area (Å²) in [5.74, 6) is -2.81. The van der Waals surface area contributed by atoms with Crippen LogP contribution >= 0.6 is 23.1 Å². The van der Waals surface area contributed by atoms with Crippen molar-refractivity contribution in [3.05, 3.63) is 59.1 Å². The van der Waals surface area contributed by atoms with Crippen LogP contribution < -0.4 is 9.88 Å². The smallest absolute Gasteiger partial charge is 0.352 e. The van der Waals surface area contributed by atoms with Crippen LogP contribution in [0.15, 0.2) is 58.6 Å². The van der Waals surface area contributed by atoms with Crippen LogP contribution in [0.1, 0.15) is 12.6 Å². The first kappa shape index (κ1) is 26.4. The Morgan fingerprint density at radius 2 is 2.18 bits per heavy atom. The first-order chi connectivity index (χ1) is 18.9. The number of aromatic nitrogens is 3. The molecule has 0 saturated carbocycles. The Morgan fingerprint density at radius 3 is 2.92 bits per heavy atom. The highest BCUT2D eigenvalue weighted by atomic mass is 32.2. The minimum Gasteiger partial charge on any atom is -0.477 e. The molecule has 5 heterocycles. The fourth-order valence-corrected chi connectivity index (χ4v) is 6.39. The van der Waals surface area contributed by atoms with E-state index in [1.807, 2.05) is 34.5 Å². The van der Waals surface area contributed by atoms with E-state index in [-0.39, 0.29) is 23.7 Å². The predicted octanol–water partition coefficient (Wildman–Crippen LogP) is 0.635. The Kier molecular flexibility index (Phi) is 7.60. The number of rotatable bonds is 10. The summed E-state index contributed by atoms with van der Waals surface area (Å²) in [6.07, 6.45) is 5.22. The van der Waals surface area contributed by atoms with Crippen LogP contribution in [0.2, 0.25) is 0 Å². The number of pyridine rings is 1. The van der Waals surface area contributed by atoms with Gasteiger partial charge in [-0.05, 0) is 24.4 Å². The molecular weight excluding hydrogens is 548 g/mol. The number of thioether (sulfide) groups is 1. The molecule has 3 aromatic heterocycles. The summed E-state index contributed by atoms with van der Waals surface area (Å²) in [6.45, 7) is 1.60. The first-order valence-electron chi connectivity index (χ1n) is 11.8. The number of nitrogens with zero attached hydrogens (tertiary/aromatic N) is 4. The molecule has 0 aromatic carbocycles. The second-order valence-electron chi connectivity index (χ2n) is 8.46. The van der Waals surface area contributed by atoms with Gasteiger partial charge in [0.2, 0.25) is 6.61 Å². The van der Waals surface area contributed by atoms with Gasteiger partial charge in [-0.1, -0.05) is 5.16 Å². The summed E-state index contributed by atoms with van der Waals surface area (Å²) in [4.78, 5) is 56.2. The van der Waals surface area contributed by atoms with E-state index in [0.717, 1.165) is 10.1 Å². The molecule has 1 fully saturated rings. The summed E-state index contributed by atoms with van der Waals surface area (Å²) in [6, 6.07) is 4.46. The van der Waals surface area contributed by atoms with Gasteiger partial charge in [0, 0.05) is 29.0 Å². The van der Waals surface area contributed by atoms with Gasteiger partial charge < -0.3 is 20.0 Å². The molecule has 3 aromatic rings. The van der Waals surface area contributed by atoms with Gasteiger partial charge in [0.1, 0.15) is 17.1 Å². The average molecular weight is 572 g/mol. The molecule has 0 spiro atoms. The lowest BCUT2D eigenvalue weighted by molar-refractivity contribution is -0.687. The van der Waals surface area contributed by atoms with Gasteiger partial charge in [0.25, 0.3) is 11.8 Å². The monoisotopic (exact) mass is 571 g/mol. The molecule has 1 unspecified atom stereocenters. The van der Waals surface area contributed by atoms with E-state index in [9.17, 15) is 24.3 Å². The minimum atomic E-state index is -1.21. The van der Waals surface area contributed by atoms with E-state index in [4.69, 9.17) is 9.57 Å². The Balaban J connectivity index is 1.31. The van der Waals surface area contributed by atoms with E-state index in [2.05, 4.69) is 20.7 Å². The summed E-state index contributed by atoms with van der Waals surface area (Å²) in [5, 5.41) is 25.2. The number of β-lactam (4-membered cyclic amide) rings is 1. The highest BCUT2D eigenvalue weighted by Gasteiger charge is 2.54. The van der Waals surface area contributed by atoms with Crippen LogP contribution in [0.4, 0.5) is 0 Å². The van der Waals surface area contributed by atoms with Crippen molar-refractivity contribution in [3.63, 3.8) is 0 Å². The number of carboxylic acid groups (broad SMARTS) is 1. The van der Waals surface area contributed by atoms with E-state index >= 15 is 0 Å². The number of carboxylic acids is 1. The Bertz CT molecular complexity index is 1500. The third kappa shape index (κ3) is 5.35. The number of ether oxygens (including phenoxy) is 1. The molecule has 0 radical (unpaired) electrons. The molecule has 13 nitrogen and oxygen atoms in total. The number of fused-ring (bicyclic) bond motifs is 2. The van der Waals surface area contributed by atoms with Gasteiger partial charge in [-0.3, -0.25) is 19.6 Å². The van der Waals surface area contributed by atoms with Crippen LogP contribution in [0.25, 0.3) is 10.1 Å². The second-order valence-corrected chi connectivity index (χ2v) is 10.5. The number of hydrogen-bond donors (Lipinski definition) is 3. The molecule has 2 atom stereocenters. The van der Waals surface area contributed by atoms with Crippen molar-refractivity contribution in [1.82, 2.24) is 20.4 Å². The van der Waals surface area contributed by atoms with E-state index in [1.165, 1.54) is 28.9 Å². The third-order valence-corrected chi connectivity index (χ3v) is 8.19. The van der Waals surface area contributed by atoms with Gasteiger partial charge in [-0.15, -0.1) is 23.1 Å². The molecule has 0 bridgehead atoms. The quantitative estimate of drug-likeness (QED) is 0.104. The molecule has 202 valence electrons. The van der Waals surface area contributed by atoms with Crippen molar-refractivity contribution in [2.75, 3.05) is 19.0 Å². The summed E-state index contributed by atoms with van der Waals surface area (Å²) < 4.78 is 7.73. The zero-order chi connectivity index (χ0) is 27.5. The van der Waals surface area contributed by atoms with E-state index in [1.54, 1.807) is 18.3 Å². The molecule has 5 rings (SSSR count). The molecule has 2 aliphatic heterocycles. The highest BCUT2D eigenvalue weighted by molar-refractivity contribution is 8.00. The predicted molar refractivity (Wildman–Crippen MR) is 139 cm³/mol. The zero-order valence-electron chi connectivity index (χ0n) is 20.5. The molecule has 15 heteroatoms. The minimum absolute atomic E-state index is 0.0757. The summed E-state index contributed by atoms with van der Waals surface area (Å²) >= 11 is 2.95. The van der Waals surface area contributed by atoms with Crippen LogP contribution in [0.5, 0.6) is 0 Å².